The van der Waals surface area contributed by atoms with Crippen molar-refractivity contribution < 1.29 is 14.7 Å². The number of nitrogens with zero attached hydrogens (tertiary/aromatic N) is 1. The molecule has 0 spiro atoms. The van der Waals surface area contributed by atoms with Crippen molar-refractivity contribution >= 4 is 51.0 Å². The highest BCUT2D eigenvalue weighted by Gasteiger charge is 2.29. The summed E-state index contributed by atoms with van der Waals surface area (Å²) in [6.45, 7) is 0. The maximum absolute atomic E-state index is 12.6. The third-order valence-electron chi connectivity index (χ3n) is 3.61. The second-order valence-corrected chi connectivity index (χ2v) is 6.89. The van der Waals surface area contributed by atoms with Gasteiger partial charge in [0.05, 0.1) is 10.6 Å². The number of carbonyl (C=O) groups is 2. The van der Waals surface area contributed by atoms with Crippen LogP contribution in [0.4, 0.5) is 0 Å². The van der Waals surface area contributed by atoms with Crippen molar-refractivity contribution in [3.63, 3.8) is 0 Å². The van der Waals surface area contributed by atoms with Crippen molar-refractivity contribution in [3.05, 3.63) is 68.1 Å². The average Bonchev–Trinajstić information content (AvgIpc) is 2.52. The summed E-state index contributed by atoms with van der Waals surface area (Å²) in [6.07, 6.45) is 0.171. The maximum Gasteiger partial charge on any atom is 0.326 e. The summed E-state index contributed by atoms with van der Waals surface area (Å²) in [5, 5.41) is 10.1. The number of rotatable bonds is 5. The maximum atomic E-state index is 12.6. The van der Waals surface area contributed by atoms with Gasteiger partial charge in [-0.3, -0.25) is 4.79 Å². The second kappa shape index (κ2) is 8.01. The van der Waals surface area contributed by atoms with Crippen LogP contribution in [-0.2, 0) is 11.2 Å². The van der Waals surface area contributed by atoms with E-state index in [9.17, 15) is 14.7 Å². The van der Waals surface area contributed by atoms with E-state index in [-0.39, 0.29) is 17.0 Å². The van der Waals surface area contributed by atoms with Crippen LogP contribution in [0.3, 0.4) is 0 Å². The number of benzene rings is 2. The van der Waals surface area contributed by atoms with Gasteiger partial charge in [0.25, 0.3) is 5.91 Å². The molecule has 4 nitrogen and oxygen atoms in total. The van der Waals surface area contributed by atoms with Crippen LogP contribution in [0.2, 0.25) is 10.0 Å². The molecule has 0 saturated heterocycles. The fraction of sp³-hybridized carbons (Fsp3) is 0.176. The van der Waals surface area contributed by atoms with E-state index in [1.165, 1.54) is 30.1 Å². The van der Waals surface area contributed by atoms with Gasteiger partial charge in [0.15, 0.2) is 0 Å². The number of aliphatic carboxylic acids is 1. The van der Waals surface area contributed by atoms with Crippen LogP contribution in [0.25, 0.3) is 0 Å². The molecular weight excluding hydrogens is 417 g/mol. The number of halogens is 3. The summed E-state index contributed by atoms with van der Waals surface area (Å²) >= 11 is 15.3. The summed E-state index contributed by atoms with van der Waals surface area (Å²) in [5.41, 5.74) is 1.01. The zero-order chi connectivity index (χ0) is 17.9. The normalized spacial score (nSPS) is 11.8. The van der Waals surface area contributed by atoms with Gasteiger partial charge >= 0.3 is 5.97 Å². The molecule has 2 aromatic carbocycles. The number of likely N-dealkylation sites (N-methyl/N-ethyl adjacent to an activating group) is 1. The Bertz CT molecular complexity index is 782. The smallest absolute Gasteiger partial charge is 0.326 e. The lowest BCUT2D eigenvalue weighted by molar-refractivity contribution is -0.141. The van der Waals surface area contributed by atoms with E-state index in [0.29, 0.717) is 5.02 Å². The molecule has 0 saturated carbocycles. The molecule has 0 aromatic heterocycles. The predicted octanol–water partition coefficient (Wildman–Crippen LogP) is 4.52. The Kier molecular flexibility index (Phi) is 6.27. The molecule has 0 bridgehead atoms. The second-order valence-electron chi connectivity index (χ2n) is 5.19. The molecular formula is C17H14BrCl2NO3. The topological polar surface area (TPSA) is 57.6 Å². The zero-order valence-corrected chi connectivity index (χ0v) is 15.8. The van der Waals surface area contributed by atoms with Crippen molar-refractivity contribution in [2.24, 2.45) is 0 Å². The van der Waals surface area contributed by atoms with Crippen LogP contribution in [0.1, 0.15) is 15.9 Å². The minimum Gasteiger partial charge on any atom is -0.480 e. The van der Waals surface area contributed by atoms with E-state index in [0.717, 1.165) is 10.0 Å². The van der Waals surface area contributed by atoms with E-state index in [1.54, 1.807) is 0 Å². The van der Waals surface area contributed by atoms with E-state index in [2.05, 4.69) is 15.9 Å². The zero-order valence-electron chi connectivity index (χ0n) is 12.7. The SMILES string of the molecule is CN(C(=O)c1ccc(Cl)cc1Cl)[C@@H](Cc1ccccc1Br)C(=O)O. The third kappa shape index (κ3) is 4.29. The minimum atomic E-state index is -1.09. The first-order chi connectivity index (χ1) is 11.3. The first kappa shape index (κ1) is 18.8. The number of carbonyl (C=O) groups excluding carboxylic acids is 1. The van der Waals surface area contributed by atoms with E-state index >= 15 is 0 Å². The highest BCUT2D eigenvalue weighted by molar-refractivity contribution is 9.10. The highest BCUT2D eigenvalue weighted by atomic mass is 79.9. The summed E-state index contributed by atoms with van der Waals surface area (Å²) in [5.74, 6) is -1.57. The summed E-state index contributed by atoms with van der Waals surface area (Å²) in [7, 11) is 1.45. The van der Waals surface area contributed by atoms with Gasteiger partial charge in [-0.25, -0.2) is 4.79 Å². The van der Waals surface area contributed by atoms with Crippen LogP contribution in [0, 0.1) is 0 Å². The quantitative estimate of drug-likeness (QED) is 0.758. The molecule has 7 heteroatoms. The van der Waals surface area contributed by atoms with Crippen LogP contribution in [0.15, 0.2) is 46.9 Å². The number of hydrogen-bond donors (Lipinski definition) is 1. The van der Waals surface area contributed by atoms with Gasteiger partial charge in [0, 0.05) is 23.0 Å². The first-order valence-corrected chi connectivity index (χ1v) is 8.54. The lowest BCUT2D eigenvalue weighted by Crippen LogP contribution is -2.44. The van der Waals surface area contributed by atoms with Gasteiger partial charge in [-0.2, -0.15) is 0 Å². The number of hydrogen-bond acceptors (Lipinski definition) is 2. The molecule has 24 heavy (non-hydrogen) atoms. The Morgan fingerprint density at radius 2 is 1.88 bits per heavy atom. The molecule has 126 valence electrons. The minimum absolute atomic E-state index is 0.171. The van der Waals surface area contributed by atoms with Crippen LogP contribution in [-0.4, -0.2) is 35.0 Å². The fourth-order valence-corrected chi connectivity index (χ4v) is 3.19. The molecule has 0 radical (unpaired) electrons. The molecule has 0 aliphatic carbocycles. The van der Waals surface area contributed by atoms with E-state index in [4.69, 9.17) is 23.2 Å². The molecule has 1 amide bonds. The molecule has 0 unspecified atom stereocenters. The number of carboxylic acids is 1. The standard InChI is InChI=1S/C17H14BrCl2NO3/c1-21(16(22)12-7-6-11(19)9-14(12)20)15(17(23)24)8-10-4-2-3-5-13(10)18/h2-7,9,15H,8H2,1H3,(H,23,24)/t15-/m0/s1. The van der Waals surface area contributed by atoms with Crippen LogP contribution < -0.4 is 0 Å². The summed E-state index contributed by atoms with van der Waals surface area (Å²) in [4.78, 5) is 25.5. The van der Waals surface area contributed by atoms with Crippen molar-refractivity contribution in [1.29, 1.82) is 0 Å². The Labute approximate surface area is 158 Å². The molecule has 2 aromatic rings. The molecule has 1 N–H and O–H groups in total. The lowest BCUT2D eigenvalue weighted by atomic mass is 10.0. The Balaban J connectivity index is 2.28. The van der Waals surface area contributed by atoms with Gasteiger partial charge in [0.2, 0.25) is 0 Å². The number of carboxylic acid groups (broad SMARTS) is 1. The van der Waals surface area contributed by atoms with Crippen LogP contribution in [0.5, 0.6) is 0 Å². The van der Waals surface area contributed by atoms with Crippen LogP contribution >= 0.6 is 39.1 Å². The summed E-state index contributed by atoms with van der Waals surface area (Å²) < 4.78 is 0.793. The summed E-state index contributed by atoms with van der Waals surface area (Å²) in [6, 6.07) is 10.7. The van der Waals surface area contributed by atoms with Gasteiger partial charge in [-0.15, -0.1) is 0 Å². The Hall–Kier alpha value is -1.56. The molecule has 1 atom stereocenters. The predicted molar refractivity (Wildman–Crippen MR) is 97.8 cm³/mol. The third-order valence-corrected chi connectivity index (χ3v) is 4.93. The van der Waals surface area contributed by atoms with Crippen molar-refractivity contribution in [2.45, 2.75) is 12.5 Å². The molecule has 0 fully saturated rings. The lowest BCUT2D eigenvalue weighted by Gasteiger charge is -2.25. The average molecular weight is 431 g/mol. The van der Waals surface area contributed by atoms with Gasteiger partial charge < -0.3 is 10.0 Å². The highest BCUT2D eigenvalue weighted by Crippen LogP contribution is 2.24. The molecule has 0 aliphatic heterocycles. The Morgan fingerprint density at radius 3 is 2.46 bits per heavy atom. The largest absolute Gasteiger partial charge is 0.480 e. The number of amides is 1. The van der Waals surface area contributed by atoms with Crippen molar-refractivity contribution in [3.8, 4) is 0 Å². The van der Waals surface area contributed by atoms with Crippen molar-refractivity contribution in [1.82, 2.24) is 4.90 Å². The molecule has 0 heterocycles. The monoisotopic (exact) mass is 429 g/mol. The van der Waals surface area contributed by atoms with E-state index < -0.39 is 17.9 Å². The first-order valence-electron chi connectivity index (χ1n) is 6.99. The van der Waals surface area contributed by atoms with E-state index in [1.807, 2.05) is 24.3 Å². The molecule has 2 rings (SSSR count). The fourth-order valence-electron chi connectivity index (χ4n) is 2.26. The van der Waals surface area contributed by atoms with Gasteiger partial charge in [-0.1, -0.05) is 57.3 Å². The van der Waals surface area contributed by atoms with Gasteiger partial charge in [-0.05, 0) is 29.8 Å². The Morgan fingerprint density at radius 1 is 1.21 bits per heavy atom. The van der Waals surface area contributed by atoms with Crippen molar-refractivity contribution in [2.75, 3.05) is 7.05 Å². The molecule has 0 aliphatic rings. The van der Waals surface area contributed by atoms with Gasteiger partial charge in [0.1, 0.15) is 6.04 Å².